The Kier molecular flexibility index (Phi) is 4.06. The minimum absolute atomic E-state index is 0.123. The lowest BCUT2D eigenvalue weighted by Crippen LogP contribution is -2.05. The van der Waals surface area contributed by atoms with Crippen LogP contribution in [0.25, 0.3) is 0 Å². The average molecular weight is 158 g/mol. The Bertz CT molecular complexity index is 79.3. The fourth-order valence-electron chi connectivity index (χ4n) is 1.57. The summed E-state index contributed by atoms with van der Waals surface area (Å²) in [6, 6.07) is 0. The molecule has 1 aliphatic rings. The van der Waals surface area contributed by atoms with Gasteiger partial charge in [0.05, 0.1) is 0 Å². The fourth-order valence-corrected chi connectivity index (χ4v) is 3.27. The molecule has 0 aromatic heterocycles. The highest BCUT2D eigenvalue weighted by molar-refractivity contribution is 6.29. The van der Waals surface area contributed by atoms with Crippen molar-refractivity contribution in [1.29, 1.82) is 0 Å². The van der Waals surface area contributed by atoms with Crippen molar-refractivity contribution >= 4 is 9.76 Å². The van der Waals surface area contributed by atoms with Gasteiger partial charge in [-0.3, -0.25) is 0 Å². The molecule has 2 heteroatoms. The maximum absolute atomic E-state index is 5.61. The van der Waals surface area contributed by atoms with Crippen LogP contribution in [0.1, 0.15) is 39.0 Å². The van der Waals surface area contributed by atoms with Crippen molar-refractivity contribution in [3.8, 4) is 0 Å². The minimum atomic E-state index is -0.123. The Labute approximate surface area is 66.1 Å². The molecular formula is C8H18OSi. The molecule has 0 atom stereocenters. The topological polar surface area (TPSA) is 9.23 Å². The standard InChI is InChI=1S/C8H18OSi/c1-2-7-9-10-8-5-3-4-6-8/h8H,2-7,10H2,1H3. The van der Waals surface area contributed by atoms with E-state index < -0.39 is 0 Å². The number of rotatable bonds is 4. The molecule has 0 N–H and O–H groups in total. The second kappa shape index (κ2) is 4.91. The average Bonchev–Trinajstić information content (AvgIpc) is 2.41. The summed E-state index contributed by atoms with van der Waals surface area (Å²) in [4.78, 5) is 0. The van der Waals surface area contributed by atoms with Crippen LogP contribution in [-0.2, 0) is 4.43 Å². The van der Waals surface area contributed by atoms with Crippen molar-refractivity contribution in [2.75, 3.05) is 6.61 Å². The monoisotopic (exact) mass is 158 g/mol. The summed E-state index contributed by atoms with van der Waals surface area (Å²) in [6.45, 7) is 3.20. The summed E-state index contributed by atoms with van der Waals surface area (Å²) in [5, 5.41) is 0. The van der Waals surface area contributed by atoms with Gasteiger partial charge in [0.15, 0.2) is 9.76 Å². The highest BCUT2D eigenvalue weighted by Crippen LogP contribution is 2.28. The predicted octanol–water partition coefficient (Wildman–Crippen LogP) is 1.86. The predicted molar refractivity (Wildman–Crippen MR) is 47.0 cm³/mol. The van der Waals surface area contributed by atoms with Gasteiger partial charge in [-0.25, -0.2) is 0 Å². The minimum Gasteiger partial charge on any atom is -0.424 e. The molecule has 0 spiro atoms. The molecule has 0 saturated heterocycles. The van der Waals surface area contributed by atoms with E-state index in [0.717, 1.165) is 12.1 Å². The van der Waals surface area contributed by atoms with Crippen LogP contribution in [0.2, 0.25) is 5.54 Å². The van der Waals surface area contributed by atoms with Crippen LogP contribution in [0.5, 0.6) is 0 Å². The Morgan fingerprint density at radius 2 is 2.10 bits per heavy atom. The Hall–Kier alpha value is 0.177. The van der Waals surface area contributed by atoms with Crippen molar-refractivity contribution in [3.05, 3.63) is 0 Å². The summed E-state index contributed by atoms with van der Waals surface area (Å²) >= 11 is 0. The molecule has 0 heterocycles. The van der Waals surface area contributed by atoms with E-state index >= 15 is 0 Å². The molecule has 0 amide bonds. The van der Waals surface area contributed by atoms with Gasteiger partial charge in [-0.05, 0) is 12.0 Å². The molecule has 60 valence electrons. The molecule has 0 aliphatic heterocycles. The van der Waals surface area contributed by atoms with Gasteiger partial charge in [0, 0.05) is 6.61 Å². The summed E-state index contributed by atoms with van der Waals surface area (Å²) in [7, 11) is -0.123. The molecule has 1 rings (SSSR count). The first-order valence-electron chi connectivity index (χ1n) is 4.51. The lowest BCUT2D eigenvalue weighted by molar-refractivity contribution is 0.328. The summed E-state index contributed by atoms with van der Waals surface area (Å²) in [5.41, 5.74) is 1.03. The summed E-state index contributed by atoms with van der Waals surface area (Å²) in [5.74, 6) is 0. The zero-order chi connectivity index (χ0) is 7.23. The second-order valence-electron chi connectivity index (χ2n) is 3.23. The molecule has 0 aromatic carbocycles. The first-order valence-corrected chi connectivity index (χ1v) is 5.90. The van der Waals surface area contributed by atoms with Gasteiger partial charge < -0.3 is 4.43 Å². The van der Waals surface area contributed by atoms with Crippen molar-refractivity contribution in [2.45, 2.75) is 44.6 Å². The molecule has 1 nitrogen and oxygen atoms in total. The first kappa shape index (κ1) is 8.28. The van der Waals surface area contributed by atoms with Gasteiger partial charge in [-0.1, -0.05) is 32.6 Å². The molecule has 1 saturated carbocycles. The van der Waals surface area contributed by atoms with Gasteiger partial charge in [-0.2, -0.15) is 0 Å². The van der Waals surface area contributed by atoms with E-state index in [-0.39, 0.29) is 9.76 Å². The van der Waals surface area contributed by atoms with Crippen LogP contribution in [0, 0.1) is 0 Å². The van der Waals surface area contributed by atoms with E-state index in [2.05, 4.69) is 6.92 Å². The third-order valence-corrected chi connectivity index (χ3v) is 3.99. The van der Waals surface area contributed by atoms with Crippen molar-refractivity contribution < 1.29 is 4.43 Å². The van der Waals surface area contributed by atoms with Crippen LogP contribution < -0.4 is 0 Å². The highest BCUT2D eigenvalue weighted by atomic mass is 28.2. The molecule has 0 radical (unpaired) electrons. The number of hydrogen-bond donors (Lipinski definition) is 0. The van der Waals surface area contributed by atoms with E-state index in [1.165, 1.54) is 32.1 Å². The SMILES string of the molecule is CCCO[SiH2]C1CCCC1. The molecule has 10 heavy (non-hydrogen) atoms. The van der Waals surface area contributed by atoms with Crippen LogP contribution in [-0.4, -0.2) is 16.4 Å². The number of hydrogen-bond acceptors (Lipinski definition) is 1. The lowest BCUT2D eigenvalue weighted by atomic mass is 10.4. The first-order chi connectivity index (χ1) is 4.93. The van der Waals surface area contributed by atoms with E-state index in [9.17, 15) is 0 Å². The lowest BCUT2D eigenvalue weighted by Gasteiger charge is -2.06. The van der Waals surface area contributed by atoms with Crippen molar-refractivity contribution in [3.63, 3.8) is 0 Å². The molecule has 0 unspecified atom stereocenters. The van der Waals surface area contributed by atoms with E-state index in [1.54, 1.807) is 0 Å². The zero-order valence-electron chi connectivity index (χ0n) is 6.94. The highest BCUT2D eigenvalue weighted by Gasteiger charge is 2.14. The quantitative estimate of drug-likeness (QED) is 0.448. The van der Waals surface area contributed by atoms with Crippen LogP contribution in [0.4, 0.5) is 0 Å². The smallest absolute Gasteiger partial charge is 0.164 e. The van der Waals surface area contributed by atoms with Gasteiger partial charge in [0.25, 0.3) is 0 Å². The zero-order valence-corrected chi connectivity index (χ0v) is 8.35. The maximum Gasteiger partial charge on any atom is 0.164 e. The molecule has 1 aliphatic carbocycles. The Morgan fingerprint density at radius 3 is 2.70 bits per heavy atom. The van der Waals surface area contributed by atoms with Gasteiger partial charge in [-0.15, -0.1) is 0 Å². The van der Waals surface area contributed by atoms with Crippen LogP contribution in [0.3, 0.4) is 0 Å². The molecular weight excluding hydrogens is 140 g/mol. The van der Waals surface area contributed by atoms with Gasteiger partial charge in [0.2, 0.25) is 0 Å². The van der Waals surface area contributed by atoms with E-state index in [1.807, 2.05) is 0 Å². The van der Waals surface area contributed by atoms with E-state index in [4.69, 9.17) is 4.43 Å². The normalized spacial score (nSPS) is 21.3. The van der Waals surface area contributed by atoms with Crippen molar-refractivity contribution in [1.82, 2.24) is 0 Å². The Balaban J connectivity index is 1.91. The summed E-state index contributed by atoms with van der Waals surface area (Å²) < 4.78 is 5.61. The largest absolute Gasteiger partial charge is 0.424 e. The molecule has 0 aromatic rings. The van der Waals surface area contributed by atoms with Gasteiger partial charge >= 0.3 is 0 Å². The third kappa shape index (κ3) is 2.84. The molecule has 0 bridgehead atoms. The fraction of sp³-hybridized carbons (Fsp3) is 1.00. The van der Waals surface area contributed by atoms with Crippen LogP contribution in [0.15, 0.2) is 0 Å². The van der Waals surface area contributed by atoms with Crippen LogP contribution >= 0.6 is 0 Å². The second-order valence-corrected chi connectivity index (χ2v) is 5.12. The molecule has 1 fully saturated rings. The Morgan fingerprint density at radius 1 is 1.40 bits per heavy atom. The third-order valence-electron chi connectivity index (χ3n) is 2.18. The van der Waals surface area contributed by atoms with Gasteiger partial charge in [0.1, 0.15) is 0 Å². The maximum atomic E-state index is 5.61. The van der Waals surface area contributed by atoms with Crippen molar-refractivity contribution in [2.24, 2.45) is 0 Å². The van der Waals surface area contributed by atoms with E-state index in [0.29, 0.717) is 0 Å². The summed E-state index contributed by atoms with van der Waals surface area (Å²) in [6.07, 6.45) is 7.06.